The van der Waals surface area contributed by atoms with Crippen molar-refractivity contribution in [3.05, 3.63) is 47.4 Å². The Kier molecular flexibility index (Phi) is 7.20. The average molecular weight is 431 g/mol. The van der Waals surface area contributed by atoms with Crippen LogP contribution < -0.4 is 10.0 Å². The van der Waals surface area contributed by atoms with Crippen LogP contribution in [0, 0.1) is 6.92 Å². The summed E-state index contributed by atoms with van der Waals surface area (Å²) < 4.78 is 23.0. The molecule has 3 rings (SSSR count). The highest BCUT2D eigenvalue weighted by Crippen LogP contribution is 2.27. The van der Waals surface area contributed by atoms with Crippen molar-refractivity contribution in [3.8, 4) is 0 Å². The Morgan fingerprint density at radius 2 is 1.90 bits per heavy atom. The second kappa shape index (κ2) is 9.66. The second-order valence-corrected chi connectivity index (χ2v) is 9.54. The molecule has 7 nitrogen and oxygen atoms in total. The van der Waals surface area contributed by atoms with Crippen LogP contribution in [0.4, 0.5) is 5.82 Å². The maximum absolute atomic E-state index is 12.9. The lowest BCUT2D eigenvalue weighted by Crippen LogP contribution is -2.38. The van der Waals surface area contributed by atoms with E-state index in [1.807, 2.05) is 0 Å². The number of ketones is 1. The number of sulfonamides is 1. The van der Waals surface area contributed by atoms with Gasteiger partial charge < -0.3 is 4.90 Å². The van der Waals surface area contributed by atoms with Crippen molar-refractivity contribution in [2.24, 2.45) is 5.14 Å². The van der Waals surface area contributed by atoms with Crippen LogP contribution in [0.15, 0.2) is 35.5 Å². The third-order valence-electron chi connectivity index (χ3n) is 5.71. The molecular formula is C22H30N4O3S. The molecule has 30 heavy (non-hydrogen) atoms. The van der Waals surface area contributed by atoms with E-state index in [0.717, 1.165) is 37.2 Å². The van der Waals surface area contributed by atoms with Gasteiger partial charge in [-0.1, -0.05) is 32.3 Å². The van der Waals surface area contributed by atoms with Gasteiger partial charge in [-0.25, -0.2) is 23.5 Å². The molecule has 1 saturated carbocycles. The summed E-state index contributed by atoms with van der Waals surface area (Å²) in [6.45, 7) is 4.83. The van der Waals surface area contributed by atoms with Gasteiger partial charge in [0, 0.05) is 25.1 Å². The molecule has 0 aliphatic heterocycles. The molecule has 1 fully saturated rings. The number of carbonyl (C=O) groups excluding carboxylic acids is 1. The minimum Gasteiger partial charge on any atom is -0.354 e. The molecule has 0 amide bonds. The molecule has 0 saturated heterocycles. The second-order valence-electron chi connectivity index (χ2n) is 7.98. The minimum absolute atomic E-state index is 0.0446. The quantitative estimate of drug-likeness (QED) is 0.643. The molecule has 1 aromatic carbocycles. The van der Waals surface area contributed by atoms with Crippen LogP contribution in [-0.4, -0.2) is 36.8 Å². The van der Waals surface area contributed by atoms with E-state index >= 15 is 0 Å². The van der Waals surface area contributed by atoms with Crippen molar-refractivity contribution < 1.29 is 13.2 Å². The third kappa shape index (κ3) is 5.43. The van der Waals surface area contributed by atoms with Crippen molar-refractivity contribution >= 4 is 21.6 Å². The van der Waals surface area contributed by atoms with Gasteiger partial charge in [-0.2, -0.15) is 0 Å². The molecule has 162 valence electrons. The van der Waals surface area contributed by atoms with Gasteiger partial charge in [-0.15, -0.1) is 0 Å². The zero-order valence-electron chi connectivity index (χ0n) is 17.7. The zero-order valence-corrected chi connectivity index (χ0v) is 18.5. The number of nitrogens with zero attached hydrogens (tertiary/aromatic N) is 3. The lowest BCUT2D eigenvalue weighted by molar-refractivity contribution is 0.0988. The summed E-state index contributed by atoms with van der Waals surface area (Å²) >= 11 is 0. The maximum Gasteiger partial charge on any atom is 0.238 e. The number of primary sulfonamides is 1. The Bertz CT molecular complexity index is 1000. The lowest BCUT2D eigenvalue weighted by atomic mass is 9.94. The highest BCUT2D eigenvalue weighted by Gasteiger charge is 2.23. The molecule has 0 radical (unpaired) electrons. The van der Waals surface area contributed by atoms with Gasteiger partial charge in [0.1, 0.15) is 17.8 Å². The molecular weight excluding hydrogens is 400 g/mol. The number of aryl methyl sites for hydroxylation is 1. The van der Waals surface area contributed by atoms with Crippen LogP contribution in [0.3, 0.4) is 0 Å². The van der Waals surface area contributed by atoms with Gasteiger partial charge in [0.2, 0.25) is 10.0 Å². The monoisotopic (exact) mass is 430 g/mol. The summed E-state index contributed by atoms with van der Waals surface area (Å²) in [5.41, 5.74) is 1.84. The summed E-state index contributed by atoms with van der Waals surface area (Å²) in [6, 6.07) is 6.82. The molecule has 0 bridgehead atoms. The number of rotatable bonds is 8. The fraction of sp³-hybridized carbons (Fsp3) is 0.500. The predicted octanol–water partition coefficient (Wildman–Crippen LogP) is 3.41. The Hall–Kier alpha value is -2.32. The smallest absolute Gasteiger partial charge is 0.238 e. The fourth-order valence-corrected chi connectivity index (χ4v) is 4.68. The van der Waals surface area contributed by atoms with Gasteiger partial charge >= 0.3 is 0 Å². The predicted molar refractivity (Wildman–Crippen MR) is 117 cm³/mol. The highest BCUT2D eigenvalue weighted by molar-refractivity contribution is 7.89. The van der Waals surface area contributed by atoms with E-state index in [0.29, 0.717) is 17.3 Å². The zero-order chi connectivity index (χ0) is 21.7. The van der Waals surface area contributed by atoms with Gasteiger partial charge in [-0.05, 0) is 49.4 Å². The molecule has 2 N–H and O–H groups in total. The van der Waals surface area contributed by atoms with Crippen LogP contribution in [0.5, 0.6) is 0 Å². The molecule has 1 aromatic heterocycles. The topological polar surface area (TPSA) is 106 Å². The normalized spacial score (nSPS) is 15.2. The van der Waals surface area contributed by atoms with Crippen molar-refractivity contribution in [2.75, 3.05) is 11.4 Å². The van der Waals surface area contributed by atoms with Crippen molar-refractivity contribution in [1.82, 2.24) is 9.97 Å². The number of nitrogens with two attached hydrogens (primary N) is 1. The molecule has 1 heterocycles. The van der Waals surface area contributed by atoms with Gasteiger partial charge in [-0.3, -0.25) is 4.79 Å². The first kappa shape index (κ1) is 22.4. The number of anilines is 1. The maximum atomic E-state index is 12.9. The Morgan fingerprint density at radius 3 is 2.53 bits per heavy atom. The largest absolute Gasteiger partial charge is 0.354 e. The van der Waals surface area contributed by atoms with E-state index in [-0.39, 0.29) is 17.1 Å². The first-order valence-corrected chi connectivity index (χ1v) is 12.1. The molecule has 8 heteroatoms. The number of benzene rings is 1. The lowest BCUT2D eigenvalue weighted by Gasteiger charge is -2.35. The van der Waals surface area contributed by atoms with E-state index in [4.69, 9.17) is 5.14 Å². The molecule has 0 spiro atoms. The molecule has 0 unspecified atom stereocenters. The minimum atomic E-state index is -3.77. The number of aromatic nitrogens is 2. The first-order valence-electron chi connectivity index (χ1n) is 10.5. The summed E-state index contributed by atoms with van der Waals surface area (Å²) in [7, 11) is -3.77. The van der Waals surface area contributed by atoms with E-state index in [9.17, 15) is 13.2 Å². The van der Waals surface area contributed by atoms with E-state index < -0.39 is 10.0 Å². The van der Waals surface area contributed by atoms with Crippen LogP contribution in [0.2, 0.25) is 0 Å². The van der Waals surface area contributed by atoms with Crippen LogP contribution >= 0.6 is 0 Å². The SMILES string of the molecule is CCCN(c1cc(C(=O)Cc2ccc(S(N)(=O)=O)cc2C)ncn1)C1CCCCC1. The number of hydrogen-bond donors (Lipinski definition) is 1. The number of carbonyl (C=O) groups is 1. The molecule has 1 aliphatic carbocycles. The van der Waals surface area contributed by atoms with E-state index in [2.05, 4.69) is 21.8 Å². The standard InChI is InChI=1S/C22H30N4O3S/c1-3-11-26(18-7-5-4-6-8-18)22-14-20(24-15-25-22)21(27)13-17-9-10-19(12-16(17)2)30(23,28)29/h9-10,12,14-15,18H,3-8,11,13H2,1-2H3,(H2,23,28,29). The fourth-order valence-electron chi connectivity index (χ4n) is 4.08. The summed E-state index contributed by atoms with van der Waals surface area (Å²) in [4.78, 5) is 23.9. The molecule has 1 aliphatic rings. The van der Waals surface area contributed by atoms with E-state index in [1.54, 1.807) is 19.1 Å². The average Bonchev–Trinajstić information content (AvgIpc) is 2.73. The van der Waals surface area contributed by atoms with Crippen LogP contribution in [0.1, 0.15) is 67.1 Å². The Labute approximate surface area is 178 Å². The van der Waals surface area contributed by atoms with Crippen LogP contribution in [-0.2, 0) is 16.4 Å². The van der Waals surface area contributed by atoms with Gasteiger partial charge in [0.25, 0.3) is 0 Å². The third-order valence-corrected chi connectivity index (χ3v) is 6.62. The summed E-state index contributed by atoms with van der Waals surface area (Å²) in [6.07, 6.45) is 8.68. The van der Waals surface area contributed by atoms with Crippen molar-refractivity contribution in [3.63, 3.8) is 0 Å². The Balaban J connectivity index is 1.80. The Morgan fingerprint density at radius 1 is 1.17 bits per heavy atom. The first-order chi connectivity index (χ1) is 14.3. The molecule has 2 aromatic rings. The molecule has 0 atom stereocenters. The van der Waals surface area contributed by atoms with Crippen LogP contribution in [0.25, 0.3) is 0 Å². The summed E-state index contributed by atoms with van der Waals surface area (Å²) in [5.74, 6) is 0.689. The van der Waals surface area contributed by atoms with Gasteiger partial charge in [0.05, 0.1) is 4.90 Å². The highest BCUT2D eigenvalue weighted by atomic mass is 32.2. The number of hydrogen-bond acceptors (Lipinski definition) is 6. The summed E-state index contributed by atoms with van der Waals surface area (Å²) in [5, 5.41) is 5.18. The van der Waals surface area contributed by atoms with Gasteiger partial charge in [0.15, 0.2) is 5.78 Å². The van der Waals surface area contributed by atoms with Crippen molar-refractivity contribution in [1.29, 1.82) is 0 Å². The van der Waals surface area contributed by atoms with Crippen molar-refractivity contribution in [2.45, 2.75) is 69.7 Å². The number of Topliss-reactive ketones (excluding diaryl/α,β-unsaturated/α-hetero) is 1. The van der Waals surface area contributed by atoms with E-state index in [1.165, 1.54) is 37.7 Å².